The van der Waals surface area contributed by atoms with Gasteiger partial charge in [-0.1, -0.05) is 30.3 Å². The highest BCUT2D eigenvalue weighted by molar-refractivity contribution is 5.89. The molecular weight excluding hydrogens is 446 g/mol. The second-order valence-corrected chi connectivity index (χ2v) is 9.66. The van der Waals surface area contributed by atoms with Gasteiger partial charge in [-0.3, -0.25) is 0 Å². The fourth-order valence-electron chi connectivity index (χ4n) is 3.98. The summed E-state index contributed by atoms with van der Waals surface area (Å²) >= 11 is 0. The molecule has 182 valence electrons. The summed E-state index contributed by atoms with van der Waals surface area (Å²) in [6.07, 6.45) is 1.59. The van der Waals surface area contributed by atoms with Crippen LogP contribution in [0.4, 0.5) is 15.3 Å². The molecular formula is C26H29N5O4. The van der Waals surface area contributed by atoms with E-state index in [4.69, 9.17) is 9.47 Å². The standard InChI is InChI=1S/C26H29N5O4/c1-25(2,3)35-23(32)30-13-11-26(18-27,12-14-30)29-21-9-10-22-20(15-21)16-28-31(22)24(33)34-17-19-7-5-4-6-8-19/h4-10,15-16,29H,11-14,17H2,1-3H3. The molecule has 1 aromatic heterocycles. The minimum atomic E-state index is -0.809. The number of benzene rings is 2. The number of piperidine rings is 1. The maximum atomic E-state index is 12.5. The van der Waals surface area contributed by atoms with Crippen molar-refractivity contribution >= 4 is 28.8 Å². The Balaban J connectivity index is 1.41. The summed E-state index contributed by atoms with van der Waals surface area (Å²) in [5.74, 6) is 0. The Hall–Kier alpha value is -4.06. The number of nitriles is 1. The molecule has 2 heterocycles. The molecule has 1 saturated heterocycles. The Morgan fingerprint density at radius 1 is 1.11 bits per heavy atom. The lowest BCUT2D eigenvalue weighted by atomic mass is 9.88. The fourth-order valence-corrected chi connectivity index (χ4v) is 3.98. The van der Waals surface area contributed by atoms with E-state index in [1.807, 2.05) is 63.2 Å². The maximum absolute atomic E-state index is 12.5. The van der Waals surface area contributed by atoms with Crippen molar-refractivity contribution < 1.29 is 19.1 Å². The van der Waals surface area contributed by atoms with E-state index in [2.05, 4.69) is 16.5 Å². The first-order valence-electron chi connectivity index (χ1n) is 11.5. The quantitative estimate of drug-likeness (QED) is 0.570. The first-order valence-corrected chi connectivity index (χ1v) is 11.5. The molecule has 3 aromatic rings. The van der Waals surface area contributed by atoms with E-state index in [9.17, 15) is 14.9 Å². The highest BCUT2D eigenvalue weighted by atomic mass is 16.6. The van der Waals surface area contributed by atoms with Crippen LogP contribution in [0.1, 0.15) is 39.2 Å². The Kier molecular flexibility index (Phi) is 6.65. The van der Waals surface area contributed by atoms with Gasteiger partial charge in [0.2, 0.25) is 0 Å². The monoisotopic (exact) mass is 475 g/mol. The van der Waals surface area contributed by atoms with Crippen LogP contribution < -0.4 is 5.32 Å². The third-order valence-corrected chi connectivity index (χ3v) is 5.81. The van der Waals surface area contributed by atoms with E-state index in [0.717, 1.165) is 16.6 Å². The van der Waals surface area contributed by atoms with E-state index in [1.165, 1.54) is 4.68 Å². The second-order valence-electron chi connectivity index (χ2n) is 9.66. The van der Waals surface area contributed by atoms with Gasteiger partial charge < -0.3 is 19.7 Å². The Morgan fingerprint density at radius 3 is 2.49 bits per heavy atom. The average Bonchev–Trinajstić information content (AvgIpc) is 3.26. The van der Waals surface area contributed by atoms with Crippen LogP contribution in [0.25, 0.3) is 10.9 Å². The number of carbonyl (C=O) groups excluding carboxylic acids is 2. The summed E-state index contributed by atoms with van der Waals surface area (Å²) < 4.78 is 12.1. The van der Waals surface area contributed by atoms with Crippen molar-refractivity contribution in [2.45, 2.75) is 51.4 Å². The summed E-state index contributed by atoms with van der Waals surface area (Å²) in [6, 6.07) is 17.3. The number of rotatable bonds is 4. The molecule has 1 aliphatic heterocycles. The van der Waals surface area contributed by atoms with Crippen LogP contribution >= 0.6 is 0 Å². The van der Waals surface area contributed by atoms with Crippen molar-refractivity contribution in [2.24, 2.45) is 0 Å². The van der Waals surface area contributed by atoms with Crippen LogP contribution in [-0.2, 0) is 16.1 Å². The van der Waals surface area contributed by atoms with E-state index < -0.39 is 17.2 Å². The van der Waals surface area contributed by atoms with Gasteiger partial charge in [0, 0.05) is 37.0 Å². The number of carbonyl (C=O) groups is 2. The first-order chi connectivity index (χ1) is 16.7. The molecule has 0 aliphatic carbocycles. The lowest BCUT2D eigenvalue weighted by Crippen LogP contribution is -2.51. The fraction of sp³-hybridized carbons (Fsp3) is 0.385. The average molecular weight is 476 g/mol. The third kappa shape index (κ3) is 5.72. The number of fused-ring (bicyclic) bond motifs is 1. The SMILES string of the molecule is CC(C)(C)OC(=O)N1CCC(C#N)(Nc2ccc3c(cnn3C(=O)OCc3ccccc3)c2)CC1. The van der Waals surface area contributed by atoms with Gasteiger partial charge in [-0.25, -0.2) is 9.59 Å². The van der Waals surface area contributed by atoms with Crippen LogP contribution in [0.5, 0.6) is 0 Å². The molecule has 1 aliphatic rings. The van der Waals surface area contributed by atoms with Crippen LogP contribution in [0.3, 0.4) is 0 Å². The van der Waals surface area contributed by atoms with Crippen molar-refractivity contribution in [1.29, 1.82) is 5.26 Å². The summed E-state index contributed by atoms with van der Waals surface area (Å²) in [5.41, 5.74) is 0.869. The van der Waals surface area contributed by atoms with Gasteiger partial charge in [0.05, 0.1) is 17.8 Å². The number of nitrogens with zero attached hydrogens (tertiary/aromatic N) is 4. The topological polar surface area (TPSA) is 109 Å². The number of nitrogens with one attached hydrogen (secondary N) is 1. The van der Waals surface area contributed by atoms with Gasteiger partial charge in [0.25, 0.3) is 0 Å². The molecule has 35 heavy (non-hydrogen) atoms. The number of likely N-dealkylation sites (tertiary alicyclic amines) is 1. The minimum Gasteiger partial charge on any atom is -0.444 e. The zero-order valence-electron chi connectivity index (χ0n) is 20.2. The predicted molar refractivity (Wildman–Crippen MR) is 131 cm³/mol. The number of amides is 1. The van der Waals surface area contributed by atoms with Gasteiger partial charge in [0.1, 0.15) is 17.7 Å². The highest BCUT2D eigenvalue weighted by Gasteiger charge is 2.37. The van der Waals surface area contributed by atoms with Crippen molar-refractivity contribution in [2.75, 3.05) is 18.4 Å². The summed E-state index contributed by atoms with van der Waals surface area (Å²) in [4.78, 5) is 26.5. The van der Waals surface area contributed by atoms with E-state index in [1.54, 1.807) is 17.2 Å². The Labute approximate surface area is 204 Å². The first kappa shape index (κ1) is 24.1. The number of hydrogen-bond acceptors (Lipinski definition) is 7. The molecule has 0 atom stereocenters. The number of hydrogen-bond donors (Lipinski definition) is 1. The smallest absolute Gasteiger partial charge is 0.435 e. The van der Waals surface area contributed by atoms with Crippen LogP contribution in [0.2, 0.25) is 0 Å². The molecule has 1 fully saturated rings. The van der Waals surface area contributed by atoms with Crippen LogP contribution in [0.15, 0.2) is 54.7 Å². The van der Waals surface area contributed by atoms with E-state index in [0.29, 0.717) is 31.4 Å². The van der Waals surface area contributed by atoms with Crippen LogP contribution in [0, 0.1) is 11.3 Å². The van der Waals surface area contributed by atoms with Crippen molar-refractivity contribution in [3.63, 3.8) is 0 Å². The second kappa shape index (κ2) is 9.66. The molecule has 2 aromatic carbocycles. The zero-order chi connectivity index (χ0) is 25.1. The summed E-state index contributed by atoms with van der Waals surface area (Å²) in [6.45, 7) is 6.49. The van der Waals surface area contributed by atoms with Crippen molar-refractivity contribution in [3.8, 4) is 6.07 Å². The molecule has 1 N–H and O–H groups in total. The maximum Gasteiger partial charge on any atom is 0.435 e. The number of anilines is 1. The molecule has 4 rings (SSSR count). The normalized spacial score (nSPS) is 15.3. The van der Waals surface area contributed by atoms with E-state index >= 15 is 0 Å². The molecule has 0 spiro atoms. The van der Waals surface area contributed by atoms with E-state index in [-0.39, 0.29) is 12.7 Å². The molecule has 0 radical (unpaired) electrons. The predicted octanol–water partition coefficient (Wildman–Crippen LogP) is 4.93. The largest absolute Gasteiger partial charge is 0.444 e. The number of aromatic nitrogens is 2. The third-order valence-electron chi connectivity index (χ3n) is 5.81. The Morgan fingerprint density at radius 2 is 1.83 bits per heavy atom. The highest BCUT2D eigenvalue weighted by Crippen LogP contribution is 2.29. The lowest BCUT2D eigenvalue weighted by molar-refractivity contribution is 0.0194. The van der Waals surface area contributed by atoms with Gasteiger partial charge >= 0.3 is 12.2 Å². The van der Waals surface area contributed by atoms with Gasteiger partial charge in [-0.15, -0.1) is 0 Å². The van der Waals surface area contributed by atoms with Crippen molar-refractivity contribution in [3.05, 3.63) is 60.3 Å². The lowest BCUT2D eigenvalue weighted by Gasteiger charge is -2.38. The minimum absolute atomic E-state index is 0.158. The summed E-state index contributed by atoms with van der Waals surface area (Å²) in [7, 11) is 0. The molecule has 0 bridgehead atoms. The molecule has 9 heteroatoms. The summed E-state index contributed by atoms with van der Waals surface area (Å²) in [5, 5.41) is 18.2. The van der Waals surface area contributed by atoms with Gasteiger partial charge in [-0.05, 0) is 44.5 Å². The van der Waals surface area contributed by atoms with Gasteiger partial charge in [-0.2, -0.15) is 15.0 Å². The van der Waals surface area contributed by atoms with Crippen molar-refractivity contribution in [1.82, 2.24) is 14.7 Å². The Bertz CT molecular complexity index is 1250. The number of ether oxygens (including phenoxy) is 2. The molecule has 0 unspecified atom stereocenters. The molecule has 9 nitrogen and oxygen atoms in total. The molecule has 0 saturated carbocycles. The molecule has 1 amide bonds. The van der Waals surface area contributed by atoms with Crippen LogP contribution in [-0.4, -0.2) is 51.1 Å². The zero-order valence-corrected chi connectivity index (χ0v) is 20.2. The van der Waals surface area contributed by atoms with Gasteiger partial charge in [0.15, 0.2) is 0 Å².